The first kappa shape index (κ1) is 22.6. The van der Waals surface area contributed by atoms with Gasteiger partial charge in [-0.2, -0.15) is 0 Å². The lowest BCUT2D eigenvalue weighted by Crippen LogP contribution is -2.41. The fourth-order valence-corrected chi connectivity index (χ4v) is 4.90. The van der Waals surface area contributed by atoms with Crippen LogP contribution in [0, 0.1) is 17.8 Å². The van der Waals surface area contributed by atoms with Crippen LogP contribution in [-0.4, -0.2) is 44.4 Å². The van der Waals surface area contributed by atoms with Crippen molar-refractivity contribution in [3.63, 3.8) is 0 Å². The van der Waals surface area contributed by atoms with E-state index in [1.54, 1.807) is 0 Å². The highest BCUT2D eigenvalue weighted by atomic mass is 35.5. The maximum Gasteiger partial charge on any atom is 0.231 e. The number of likely N-dealkylation sites (tertiary alicyclic amines) is 1. The maximum atomic E-state index is 5.50. The Kier molecular flexibility index (Phi) is 9.00. The van der Waals surface area contributed by atoms with Gasteiger partial charge in [0.2, 0.25) is 6.79 Å². The van der Waals surface area contributed by atoms with Crippen molar-refractivity contribution in [2.45, 2.75) is 39.0 Å². The van der Waals surface area contributed by atoms with Gasteiger partial charge < -0.3 is 19.7 Å². The normalized spacial score (nSPS) is 22.0. The summed E-state index contributed by atoms with van der Waals surface area (Å²) >= 11 is 0. The van der Waals surface area contributed by atoms with Crippen molar-refractivity contribution in [2.24, 2.45) is 17.8 Å². The molecule has 1 aromatic rings. The summed E-state index contributed by atoms with van der Waals surface area (Å²) in [6, 6.07) is 6.39. The van der Waals surface area contributed by atoms with Gasteiger partial charge in [0.1, 0.15) is 0 Å². The Bertz CT molecular complexity index is 573. The van der Waals surface area contributed by atoms with Crippen LogP contribution in [0.3, 0.4) is 0 Å². The molecule has 0 saturated carbocycles. The van der Waals surface area contributed by atoms with Gasteiger partial charge in [-0.3, -0.25) is 0 Å². The van der Waals surface area contributed by atoms with E-state index in [9.17, 15) is 0 Å². The summed E-state index contributed by atoms with van der Waals surface area (Å²) < 4.78 is 10.9. The van der Waals surface area contributed by atoms with Gasteiger partial charge in [0.15, 0.2) is 11.5 Å². The number of nitrogens with zero attached hydrogens (tertiary/aromatic N) is 1. The third kappa shape index (κ3) is 5.90. The number of halogens is 2. The van der Waals surface area contributed by atoms with Crippen LogP contribution >= 0.6 is 24.8 Å². The van der Waals surface area contributed by atoms with Crippen LogP contribution in [0.1, 0.15) is 38.2 Å². The molecule has 27 heavy (non-hydrogen) atoms. The lowest BCUT2D eigenvalue weighted by atomic mass is 9.79. The molecular weight excluding hydrogens is 383 g/mol. The van der Waals surface area contributed by atoms with Crippen molar-refractivity contribution in [2.75, 3.05) is 39.5 Å². The van der Waals surface area contributed by atoms with Gasteiger partial charge in [-0.25, -0.2) is 0 Å². The Labute approximate surface area is 176 Å². The fourth-order valence-electron chi connectivity index (χ4n) is 4.90. The van der Waals surface area contributed by atoms with Crippen molar-refractivity contribution in [1.29, 1.82) is 0 Å². The molecule has 0 spiro atoms. The van der Waals surface area contributed by atoms with Gasteiger partial charge in [0.05, 0.1) is 0 Å². The summed E-state index contributed by atoms with van der Waals surface area (Å²) in [5.41, 5.74) is 1.36. The summed E-state index contributed by atoms with van der Waals surface area (Å²) in [5.74, 6) is 4.43. The number of nitrogens with one attached hydrogen (secondary N) is 1. The van der Waals surface area contributed by atoms with Gasteiger partial charge >= 0.3 is 0 Å². The molecule has 1 unspecified atom stereocenters. The Hall–Kier alpha value is -0.680. The molecule has 3 heterocycles. The van der Waals surface area contributed by atoms with Crippen LogP contribution in [0.15, 0.2) is 18.2 Å². The Morgan fingerprint density at radius 2 is 1.67 bits per heavy atom. The van der Waals surface area contributed by atoms with E-state index in [2.05, 4.69) is 35.3 Å². The number of fused-ring (bicyclic) bond motifs is 1. The third-order valence-corrected chi connectivity index (χ3v) is 6.27. The van der Waals surface area contributed by atoms with Crippen LogP contribution in [0.5, 0.6) is 11.5 Å². The molecule has 0 amide bonds. The second kappa shape index (κ2) is 10.8. The molecule has 0 aromatic heterocycles. The van der Waals surface area contributed by atoms with Crippen molar-refractivity contribution in [3.05, 3.63) is 23.8 Å². The number of hydrogen-bond donors (Lipinski definition) is 1. The van der Waals surface area contributed by atoms with E-state index < -0.39 is 0 Å². The van der Waals surface area contributed by atoms with Crippen LogP contribution in [-0.2, 0) is 6.42 Å². The molecule has 2 fully saturated rings. The topological polar surface area (TPSA) is 33.7 Å². The molecule has 1 atom stereocenters. The van der Waals surface area contributed by atoms with Gasteiger partial charge in [-0.15, -0.1) is 24.8 Å². The average molecular weight is 417 g/mol. The molecular formula is C21H34Cl2N2O2. The van der Waals surface area contributed by atoms with Gasteiger partial charge in [-0.1, -0.05) is 13.0 Å². The highest BCUT2D eigenvalue weighted by molar-refractivity contribution is 5.85. The standard InChI is InChI=1S/C21H32N2O2.2ClH/c1-16(12-17-2-3-20-21(13-17)25-15-24-20)14-23-10-6-19(7-11-23)18-4-8-22-9-5-18;;/h2-3,13,16,18-19,22H,4-12,14-15H2,1H3;2*1H. The molecule has 2 saturated heterocycles. The van der Waals surface area contributed by atoms with E-state index in [0.717, 1.165) is 29.8 Å². The number of ether oxygens (including phenoxy) is 2. The molecule has 1 N–H and O–H groups in total. The highest BCUT2D eigenvalue weighted by Crippen LogP contribution is 2.34. The molecule has 3 aliphatic heterocycles. The predicted molar refractivity (Wildman–Crippen MR) is 115 cm³/mol. The van der Waals surface area contributed by atoms with Crippen molar-refractivity contribution >= 4 is 24.8 Å². The van der Waals surface area contributed by atoms with Crippen molar-refractivity contribution in [1.82, 2.24) is 10.2 Å². The summed E-state index contributed by atoms with van der Waals surface area (Å²) in [5, 5.41) is 3.50. The molecule has 4 nitrogen and oxygen atoms in total. The first-order valence-corrected chi connectivity index (χ1v) is 10.1. The molecule has 0 aliphatic carbocycles. The summed E-state index contributed by atoms with van der Waals surface area (Å²) in [4.78, 5) is 2.69. The van der Waals surface area contributed by atoms with Crippen LogP contribution in [0.4, 0.5) is 0 Å². The largest absolute Gasteiger partial charge is 0.454 e. The second-order valence-electron chi connectivity index (χ2n) is 8.22. The van der Waals surface area contributed by atoms with Crippen molar-refractivity contribution in [3.8, 4) is 11.5 Å². The van der Waals surface area contributed by atoms with Crippen LogP contribution < -0.4 is 14.8 Å². The minimum atomic E-state index is 0. The Balaban J connectivity index is 0.00000131. The first-order valence-electron chi connectivity index (χ1n) is 10.1. The zero-order valence-electron chi connectivity index (χ0n) is 16.3. The van der Waals surface area contributed by atoms with E-state index in [1.165, 1.54) is 64.0 Å². The molecule has 3 aliphatic rings. The Morgan fingerprint density at radius 3 is 2.41 bits per heavy atom. The van der Waals surface area contributed by atoms with Gasteiger partial charge in [0.25, 0.3) is 0 Å². The maximum absolute atomic E-state index is 5.50. The van der Waals surface area contributed by atoms with Gasteiger partial charge in [-0.05, 0) is 93.7 Å². The van der Waals surface area contributed by atoms with E-state index >= 15 is 0 Å². The second-order valence-corrected chi connectivity index (χ2v) is 8.22. The quantitative estimate of drug-likeness (QED) is 0.781. The minimum Gasteiger partial charge on any atom is -0.454 e. The zero-order valence-corrected chi connectivity index (χ0v) is 18.0. The molecule has 4 rings (SSSR count). The first-order chi connectivity index (χ1) is 12.3. The fraction of sp³-hybridized carbons (Fsp3) is 0.714. The molecule has 0 bridgehead atoms. The van der Waals surface area contributed by atoms with E-state index in [4.69, 9.17) is 9.47 Å². The van der Waals surface area contributed by atoms with E-state index in [1.807, 2.05) is 0 Å². The summed E-state index contributed by atoms with van der Waals surface area (Å²) in [6.07, 6.45) is 6.71. The monoisotopic (exact) mass is 416 g/mol. The lowest BCUT2D eigenvalue weighted by molar-refractivity contribution is 0.119. The summed E-state index contributed by atoms with van der Waals surface area (Å²) in [7, 11) is 0. The predicted octanol–water partition coefficient (Wildman–Crippen LogP) is 4.15. The van der Waals surface area contributed by atoms with Gasteiger partial charge in [0, 0.05) is 6.54 Å². The van der Waals surface area contributed by atoms with E-state index in [-0.39, 0.29) is 24.8 Å². The van der Waals surface area contributed by atoms with E-state index in [0.29, 0.717) is 12.7 Å². The SMILES string of the molecule is CC(Cc1ccc2c(c1)OCO2)CN1CCC(C2CCNCC2)CC1.Cl.Cl. The summed E-state index contributed by atoms with van der Waals surface area (Å²) in [6.45, 7) is 9.01. The molecule has 0 radical (unpaired) electrons. The number of piperidine rings is 2. The zero-order chi connectivity index (χ0) is 17.1. The lowest BCUT2D eigenvalue weighted by Gasteiger charge is -2.38. The minimum absolute atomic E-state index is 0. The molecule has 6 heteroatoms. The Morgan fingerprint density at radius 1 is 1.00 bits per heavy atom. The number of rotatable bonds is 5. The smallest absolute Gasteiger partial charge is 0.231 e. The molecule has 154 valence electrons. The van der Waals surface area contributed by atoms with Crippen LogP contribution in [0.2, 0.25) is 0 Å². The third-order valence-electron chi connectivity index (χ3n) is 6.27. The average Bonchev–Trinajstić information content (AvgIpc) is 3.11. The number of benzene rings is 1. The molecule has 1 aromatic carbocycles. The number of hydrogen-bond acceptors (Lipinski definition) is 4. The highest BCUT2D eigenvalue weighted by Gasteiger charge is 2.28. The van der Waals surface area contributed by atoms with Crippen molar-refractivity contribution < 1.29 is 9.47 Å². The van der Waals surface area contributed by atoms with Crippen LogP contribution in [0.25, 0.3) is 0 Å².